The Bertz CT molecular complexity index is 648. The average Bonchev–Trinajstić information content (AvgIpc) is 2.49. The molecule has 1 amide bonds. The predicted octanol–water partition coefficient (Wildman–Crippen LogP) is 3.92. The third-order valence-electron chi connectivity index (χ3n) is 3.09. The van der Waals surface area contributed by atoms with Crippen molar-refractivity contribution in [1.82, 2.24) is 0 Å². The van der Waals surface area contributed by atoms with Crippen molar-refractivity contribution in [2.24, 2.45) is 0 Å². The van der Waals surface area contributed by atoms with Gasteiger partial charge >= 0.3 is 0 Å². The van der Waals surface area contributed by atoms with Crippen LogP contribution in [0.5, 0.6) is 11.5 Å². The molecule has 1 N–H and O–H groups in total. The number of amides is 1. The average molecular weight is 306 g/mol. The van der Waals surface area contributed by atoms with Gasteiger partial charge in [-0.15, -0.1) is 0 Å². The van der Waals surface area contributed by atoms with Gasteiger partial charge in [0.2, 0.25) is 0 Å². The maximum atomic E-state index is 12.5. The topological polar surface area (TPSA) is 47.6 Å². The molecule has 0 aliphatic heterocycles. The fourth-order valence-corrected chi connectivity index (χ4v) is 2.25. The third-order valence-corrected chi connectivity index (χ3v) is 3.33. The minimum Gasteiger partial charge on any atom is -0.496 e. The number of nitrogens with one attached hydrogen (secondary N) is 1. The van der Waals surface area contributed by atoms with Crippen molar-refractivity contribution < 1.29 is 14.3 Å². The summed E-state index contributed by atoms with van der Waals surface area (Å²) in [6.45, 7) is 1.88. The Morgan fingerprint density at radius 1 is 1.10 bits per heavy atom. The van der Waals surface area contributed by atoms with Gasteiger partial charge in [-0.2, -0.15) is 0 Å². The lowest BCUT2D eigenvalue weighted by atomic mass is 10.1. The largest absolute Gasteiger partial charge is 0.496 e. The second kappa shape index (κ2) is 6.50. The van der Waals surface area contributed by atoms with E-state index in [0.717, 1.165) is 5.56 Å². The lowest BCUT2D eigenvalue weighted by molar-refractivity contribution is 0.102. The number of aryl methyl sites for hydroxylation is 1. The van der Waals surface area contributed by atoms with Crippen LogP contribution in [-0.4, -0.2) is 20.1 Å². The first kappa shape index (κ1) is 15.2. The van der Waals surface area contributed by atoms with E-state index in [1.165, 1.54) is 14.2 Å². The van der Waals surface area contributed by atoms with E-state index in [-0.39, 0.29) is 5.91 Å². The molecule has 0 fully saturated rings. The summed E-state index contributed by atoms with van der Waals surface area (Å²) in [5.74, 6) is 0.617. The summed E-state index contributed by atoms with van der Waals surface area (Å²) in [5.41, 5.74) is 1.93. The number of methoxy groups -OCH3 is 2. The number of ether oxygens (including phenoxy) is 2. The highest BCUT2D eigenvalue weighted by atomic mass is 35.5. The Morgan fingerprint density at radius 2 is 1.71 bits per heavy atom. The zero-order valence-corrected chi connectivity index (χ0v) is 12.8. The Hall–Kier alpha value is -2.20. The predicted molar refractivity (Wildman–Crippen MR) is 83.7 cm³/mol. The summed E-state index contributed by atoms with van der Waals surface area (Å²) in [7, 11) is 3.03. The van der Waals surface area contributed by atoms with Crippen LogP contribution in [0.1, 0.15) is 15.9 Å². The summed E-state index contributed by atoms with van der Waals surface area (Å²) in [6, 6.07) is 10.5. The first-order valence-corrected chi connectivity index (χ1v) is 6.73. The van der Waals surface area contributed by atoms with Crippen molar-refractivity contribution in [2.75, 3.05) is 19.5 Å². The number of rotatable bonds is 4. The molecule has 0 aliphatic rings. The zero-order valence-electron chi connectivity index (χ0n) is 12.1. The van der Waals surface area contributed by atoms with Crippen LogP contribution in [-0.2, 0) is 0 Å². The standard InChI is InChI=1S/C16H16ClNO3/c1-10-9-11(17)7-8-12(10)18-16(19)15-13(20-2)5-4-6-14(15)21-3/h4-9H,1-3H3,(H,18,19). The molecule has 0 unspecified atom stereocenters. The van der Waals surface area contributed by atoms with E-state index in [1.807, 2.05) is 6.92 Å². The molecule has 0 heterocycles. The number of halogens is 1. The second-order valence-corrected chi connectivity index (χ2v) is 4.89. The second-order valence-electron chi connectivity index (χ2n) is 4.45. The highest BCUT2D eigenvalue weighted by molar-refractivity contribution is 6.30. The molecule has 0 atom stereocenters. The molecule has 0 aliphatic carbocycles. The van der Waals surface area contributed by atoms with Crippen molar-refractivity contribution >= 4 is 23.2 Å². The SMILES string of the molecule is COc1cccc(OC)c1C(=O)Nc1ccc(Cl)cc1C. The Labute approximate surface area is 128 Å². The van der Waals surface area contributed by atoms with Crippen LogP contribution in [0.25, 0.3) is 0 Å². The summed E-state index contributed by atoms with van der Waals surface area (Å²) < 4.78 is 10.5. The highest BCUT2D eigenvalue weighted by Crippen LogP contribution is 2.29. The van der Waals surface area contributed by atoms with Gasteiger partial charge in [-0.1, -0.05) is 17.7 Å². The van der Waals surface area contributed by atoms with E-state index in [9.17, 15) is 4.79 Å². The molecule has 0 radical (unpaired) electrons. The maximum absolute atomic E-state index is 12.5. The van der Waals surface area contributed by atoms with Gasteiger partial charge in [0, 0.05) is 10.7 Å². The fraction of sp³-hybridized carbons (Fsp3) is 0.188. The van der Waals surface area contributed by atoms with E-state index >= 15 is 0 Å². The molecular weight excluding hydrogens is 290 g/mol. The molecule has 2 aromatic rings. The van der Waals surface area contributed by atoms with Crippen LogP contribution >= 0.6 is 11.6 Å². The van der Waals surface area contributed by atoms with Gasteiger partial charge < -0.3 is 14.8 Å². The molecule has 0 saturated heterocycles. The highest BCUT2D eigenvalue weighted by Gasteiger charge is 2.18. The van der Waals surface area contributed by atoms with E-state index < -0.39 is 0 Å². The van der Waals surface area contributed by atoms with E-state index in [0.29, 0.717) is 27.8 Å². The van der Waals surface area contributed by atoms with Crippen molar-refractivity contribution in [1.29, 1.82) is 0 Å². The molecule has 21 heavy (non-hydrogen) atoms. The molecule has 2 rings (SSSR count). The third kappa shape index (κ3) is 3.28. The monoisotopic (exact) mass is 305 g/mol. The van der Waals surface area contributed by atoms with Crippen molar-refractivity contribution in [2.45, 2.75) is 6.92 Å². The van der Waals surface area contributed by atoms with Crippen molar-refractivity contribution in [3.63, 3.8) is 0 Å². The summed E-state index contributed by atoms with van der Waals surface area (Å²) in [6.07, 6.45) is 0. The molecule has 0 aromatic heterocycles. The quantitative estimate of drug-likeness (QED) is 0.931. The van der Waals surface area contributed by atoms with Crippen LogP contribution < -0.4 is 14.8 Å². The molecule has 0 spiro atoms. The van der Waals surface area contributed by atoms with Crippen LogP contribution in [0.3, 0.4) is 0 Å². The van der Waals surface area contributed by atoms with Gasteiger partial charge in [-0.25, -0.2) is 0 Å². The molecule has 2 aromatic carbocycles. The minimum absolute atomic E-state index is 0.297. The van der Waals surface area contributed by atoms with Crippen LogP contribution in [0.4, 0.5) is 5.69 Å². The molecular formula is C16H16ClNO3. The summed E-state index contributed by atoms with van der Waals surface area (Å²) in [5, 5.41) is 3.47. The number of carbonyl (C=O) groups excluding carboxylic acids is 1. The van der Waals surface area contributed by atoms with E-state index in [4.69, 9.17) is 21.1 Å². The van der Waals surface area contributed by atoms with Crippen LogP contribution in [0.15, 0.2) is 36.4 Å². The Morgan fingerprint density at radius 3 is 2.24 bits per heavy atom. The van der Waals surface area contributed by atoms with Crippen LogP contribution in [0.2, 0.25) is 5.02 Å². The van der Waals surface area contributed by atoms with E-state index in [2.05, 4.69) is 5.32 Å². The molecule has 5 heteroatoms. The molecule has 4 nitrogen and oxygen atoms in total. The molecule has 0 saturated carbocycles. The minimum atomic E-state index is -0.297. The van der Waals surface area contributed by atoms with Crippen molar-refractivity contribution in [3.8, 4) is 11.5 Å². The van der Waals surface area contributed by atoms with Gasteiger partial charge in [-0.05, 0) is 42.8 Å². The number of anilines is 1. The van der Waals surface area contributed by atoms with Crippen molar-refractivity contribution in [3.05, 3.63) is 52.5 Å². The molecule has 0 bridgehead atoms. The van der Waals surface area contributed by atoms with E-state index in [1.54, 1.807) is 36.4 Å². The lowest BCUT2D eigenvalue weighted by Gasteiger charge is -2.14. The van der Waals surface area contributed by atoms with Gasteiger partial charge in [0.25, 0.3) is 5.91 Å². The summed E-state index contributed by atoms with van der Waals surface area (Å²) in [4.78, 5) is 12.5. The number of hydrogen-bond acceptors (Lipinski definition) is 3. The van der Waals surface area contributed by atoms with Crippen LogP contribution in [0, 0.1) is 6.92 Å². The van der Waals surface area contributed by atoms with Gasteiger partial charge in [0.05, 0.1) is 14.2 Å². The zero-order chi connectivity index (χ0) is 15.4. The number of carbonyl (C=O) groups is 1. The number of hydrogen-bond donors (Lipinski definition) is 1. The Balaban J connectivity index is 2.36. The Kier molecular flexibility index (Phi) is 4.70. The number of benzene rings is 2. The van der Waals surface area contributed by atoms with Gasteiger partial charge in [-0.3, -0.25) is 4.79 Å². The normalized spacial score (nSPS) is 10.1. The first-order valence-electron chi connectivity index (χ1n) is 6.35. The maximum Gasteiger partial charge on any atom is 0.263 e. The lowest BCUT2D eigenvalue weighted by Crippen LogP contribution is -2.15. The summed E-state index contributed by atoms with van der Waals surface area (Å²) >= 11 is 5.91. The fourth-order valence-electron chi connectivity index (χ4n) is 2.03. The van der Waals surface area contributed by atoms with Gasteiger partial charge in [0.15, 0.2) is 0 Å². The first-order chi connectivity index (χ1) is 10.1. The smallest absolute Gasteiger partial charge is 0.263 e. The van der Waals surface area contributed by atoms with Gasteiger partial charge in [0.1, 0.15) is 17.1 Å². The molecule has 110 valence electrons.